The zero-order valence-electron chi connectivity index (χ0n) is 3.46. The molecule has 2 aliphatic rings. The van der Waals surface area contributed by atoms with E-state index in [9.17, 15) is 0 Å². The van der Waals surface area contributed by atoms with Crippen LogP contribution in [0.1, 0.15) is 0 Å². The minimum Gasteiger partial charge on any atom is -0.0801 e. The van der Waals surface area contributed by atoms with Crippen LogP contribution in [-0.2, 0) is 0 Å². The van der Waals surface area contributed by atoms with E-state index in [4.69, 9.17) is 0 Å². The molecule has 0 aromatic heterocycles. The van der Waals surface area contributed by atoms with Crippen LogP contribution >= 0.6 is 0 Å². The van der Waals surface area contributed by atoms with Crippen molar-refractivity contribution in [1.82, 2.24) is 0 Å². The SMILES string of the molecule is C1=CC1C1C=C1. The smallest absolute Gasteiger partial charge is 0.00446 e. The van der Waals surface area contributed by atoms with E-state index in [1.165, 1.54) is 0 Å². The van der Waals surface area contributed by atoms with Crippen LogP contribution < -0.4 is 0 Å². The molecule has 0 nitrogen and oxygen atoms in total. The summed E-state index contributed by atoms with van der Waals surface area (Å²) in [5.41, 5.74) is 0. The summed E-state index contributed by atoms with van der Waals surface area (Å²) in [4.78, 5) is 0. The lowest BCUT2D eigenvalue weighted by Crippen LogP contribution is -1.76. The second kappa shape index (κ2) is 0.604. The average Bonchev–Trinajstić information content (AvgIpc) is 2.26. The lowest BCUT2D eigenvalue weighted by Gasteiger charge is -1.81. The standard InChI is InChI=1S/C6H6/c1-2-5(1)6-3-4-6/h1-6H. The van der Waals surface area contributed by atoms with Gasteiger partial charge >= 0.3 is 0 Å². The van der Waals surface area contributed by atoms with Crippen molar-refractivity contribution in [3.63, 3.8) is 0 Å². The largest absolute Gasteiger partial charge is 0.0801 e. The molecule has 0 fully saturated rings. The Bertz CT molecular complexity index is 92.0. The van der Waals surface area contributed by atoms with Crippen molar-refractivity contribution in [3.8, 4) is 0 Å². The number of hydrogen-bond acceptors (Lipinski definition) is 0. The highest BCUT2D eigenvalue weighted by Crippen LogP contribution is 2.35. The molecule has 0 amide bonds. The summed E-state index contributed by atoms with van der Waals surface area (Å²) in [5.74, 6) is 1.70. The van der Waals surface area contributed by atoms with E-state index in [0.717, 1.165) is 11.8 Å². The molecule has 6 heavy (non-hydrogen) atoms. The van der Waals surface area contributed by atoms with Crippen molar-refractivity contribution >= 4 is 0 Å². The molecule has 0 heterocycles. The molecule has 0 saturated carbocycles. The van der Waals surface area contributed by atoms with Gasteiger partial charge in [0.15, 0.2) is 0 Å². The van der Waals surface area contributed by atoms with E-state index in [0.29, 0.717) is 0 Å². The number of hydrogen-bond donors (Lipinski definition) is 0. The van der Waals surface area contributed by atoms with Crippen LogP contribution in [0.2, 0.25) is 0 Å². The summed E-state index contributed by atoms with van der Waals surface area (Å²) < 4.78 is 0. The van der Waals surface area contributed by atoms with Gasteiger partial charge in [-0.2, -0.15) is 0 Å². The van der Waals surface area contributed by atoms with Crippen LogP contribution in [-0.4, -0.2) is 0 Å². The summed E-state index contributed by atoms with van der Waals surface area (Å²) in [6, 6.07) is 0. The predicted octanol–water partition coefficient (Wildman–Crippen LogP) is 1.36. The van der Waals surface area contributed by atoms with Gasteiger partial charge < -0.3 is 0 Å². The fourth-order valence-electron chi connectivity index (χ4n) is 0.642. The third kappa shape index (κ3) is 0.238. The molecule has 2 aliphatic carbocycles. The van der Waals surface area contributed by atoms with Crippen LogP contribution in [0.15, 0.2) is 24.3 Å². The monoisotopic (exact) mass is 78.0 g/mol. The molecule has 0 aliphatic heterocycles. The van der Waals surface area contributed by atoms with Gasteiger partial charge in [0.25, 0.3) is 0 Å². The van der Waals surface area contributed by atoms with Gasteiger partial charge in [0.05, 0.1) is 0 Å². The molecule has 0 bridgehead atoms. The predicted molar refractivity (Wildman–Crippen MR) is 25.3 cm³/mol. The summed E-state index contributed by atoms with van der Waals surface area (Å²) in [6.45, 7) is 0. The summed E-state index contributed by atoms with van der Waals surface area (Å²) >= 11 is 0. The lowest BCUT2D eigenvalue weighted by molar-refractivity contribution is 0.842. The van der Waals surface area contributed by atoms with Crippen molar-refractivity contribution in [3.05, 3.63) is 24.3 Å². The first-order valence-electron chi connectivity index (χ1n) is 2.33. The van der Waals surface area contributed by atoms with Crippen LogP contribution in [0.25, 0.3) is 0 Å². The third-order valence-electron chi connectivity index (χ3n) is 1.27. The van der Waals surface area contributed by atoms with Gasteiger partial charge in [-0.25, -0.2) is 0 Å². The van der Waals surface area contributed by atoms with E-state index in [1.807, 2.05) is 0 Å². The Morgan fingerprint density at radius 3 is 1.17 bits per heavy atom. The fraction of sp³-hybridized carbons (Fsp3) is 0.333. The average molecular weight is 78.1 g/mol. The molecule has 0 spiro atoms. The first kappa shape index (κ1) is 2.62. The Morgan fingerprint density at radius 2 is 1.00 bits per heavy atom. The van der Waals surface area contributed by atoms with Crippen LogP contribution in [0.4, 0.5) is 0 Å². The van der Waals surface area contributed by atoms with Gasteiger partial charge in [-0.05, 0) is 0 Å². The van der Waals surface area contributed by atoms with Gasteiger partial charge in [-0.3, -0.25) is 0 Å². The quantitative estimate of drug-likeness (QED) is 0.415. The van der Waals surface area contributed by atoms with E-state index in [1.54, 1.807) is 0 Å². The molecule has 0 atom stereocenters. The van der Waals surface area contributed by atoms with Gasteiger partial charge in [-0.1, -0.05) is 24.3 Å². The van der Waals surface area contributed by atoms with E-state index >= 15 is 0 Å². The summed E-state index contributed by atoms with van der Waals surface area (Å²) in [5, 5.41) is 0. The molecule has 0 N–H and O–H groups in total. The lowest BCUT2D eigenvalue weighted by atomic mass is 10.2. The van der Waals surface area contributed by atoms with E-state index < -0.39 is 0 Å². The summed E-state index contributed by atoms with van der Waals surface area (Å²) in [7, 11) is 0. The highest BCUT2D eigenvalue weighted by molar-refractivity contribution is 5.30. The van der Waals surface area contributed by atoms with Gasteiger partial charge in [0.1, 0.15) is 0 Å². The molecular formula is C6H6. The van der Waals surface area contributed by atoms with Crippen molar-refractivity contribution in [1.29, 1.82) is 0 Å². The third-order valence-corrected chi connectivity index (χ3v) is 1.27. The topological polar surface area (TPSA) is 0 Å². The van der Waals surface area contributed by atoms with Crippen molar-refractivity contribution in [2.24, 2.45) is 11.8 Å². The molecule has 0 saturated heterocycles. The molecular weight excluding hydrogens is 72.1 g/mol. The Labute approximate surface area is 37.2 Å². The van der Waals surface area contributed by atoms with E-state index in [-0.39, 0.29) is 0 Å². The van der Waals surface area contributed by atoms with Crippen molar-refractivity contribution in [2.45, 2.75) is 0 Å². The summed E-state index contributed by atoms with van der Waals surface area (Å²) in [6.07, 6.45) is 8.96. The minimum absolute atomic E-state index is 0.852. The van der Waals surface area contributed by atoms with Crippen molar-refractivity contribution in [2.75, 3.05) is 0 Å². The van der Waals surface area contributed by atoms with Gasteiger partial charge in [0, 0.05) is 11.8 Å². The second-order valence-corrected chi connectivity index (χ2v) is 1.92. The number of rotatable bonds is 1. The maximum Gasteiger partial charge on any atom is 0.00446 e. The molecule has 0 heteroatoms. The molecule has 0 radical (unpaired) electrons. The van der Waals surface area contributed by atoms with Gasteiger partial charge in [-0.15, -0.1) is 0 Å². The zero-order chi connectivity index (χ0) is 3.98. The molecule has 0 unspecified atom stereocenters. The Balaban J connectivity index is 1.97. The van der Waals surface area contributed by atoms with Crippen LogP contribution in [0, 0.1) is 11.8 Å². The Hall–Kier alpha value is -0.520. The first-order chi connectivity index (χ1) is 2.97. The molecule has 0 aromatic carbocycles. The fourth-order valence-corrected chi connectivity index (χ4v) is 0.642. The Morgan fingerprint density at radius 1 is 0.667 bits per heavy atom. The maximum atomic E-state index is 2.24. The number of allylic oxidation sites excluding steroid dienone is 4. The highest BCUT2D eigenvalue weighted by atomic mass is 14.3. The Kier molecular flexibility index (Phi) is 0.264. The maximum absolute atomic E-state index is 2.24. The highest BCUT2D eigenvalue weighted by Gasteiger charge is 2.24. The van der Waals surface area contributed by atoms with Crippen LogP contribution in [0.5, 0.6) is 0 Å². The van der Waals surface area contributed by atoms with Gasteiger partial charge in [0.2, 0.25) is 0 Å². The normalized spacial score (nSPS) is 28.7. The van der Waals surface area contributed by atoms with Crippen molar-refractivity contribution < 1.29 is 0 Å². The minimum atomic E-state index is 0.852. The second-order valence-electron chi connectivity index (χ2n) is 1.92. The first-order valence-corrected chi connectivity index (χ1v) is 2.33. The van der Waals surface area contributed by atoms with Crippen LogP contribution in [0.3, 0.4) is 0 Å². The molecule has 0 aromatic rings. The molecule has 2 rings (SSSR count). The molecule has 30 valence electrons. The zero-order valence-corrected chi connectivity index (χ0v) is 3.46. The van der Waals surface area contributed by atoms with E-state index in [2.05, 4.69) is 24.3 Å².